The van der Waals surface area contributed by atoms with Crippen LogP contribution in [0.2, 0.25) is 0 Å². The van der Waals surface area contributed by atoms with E-state index in [1.54, 1.807) is 0 Å². The summed E-state index contributed by atoms with van der Waals surface area (Å²) in [5.74, 6) is 2.35. The molecule has 0 radical (unpaired) electrons. The zero-order valence-electron chi connectivity index (χ0n) is 14.4. The summed E-state index contributed by atoms with van der Waals surface area (Å²) in [5.41, 5.74) is 0. The third-order valence-corrected chi connectivity index (χ3v) is 5.98. The van der Waals surface area contributed by atoms with Crippen LogP contribution in [0.15, 0.2) is 0 Å². The molecule has 0 aromatic rings. The Morgan fingerprint density at radius 3 is 2.67 bits per heavy atom. The highest BCUT2D eigenvalue weighted by atomic mass is 16.3. The van der Waals surface area contributed by atoms with Crippen LogP contribution in [0.3, 0.4) is 0 Å². The number of aliphatic hydroxyl groups is 1. The summed E-state index contributed by atoms with van der Waals surface area (Å²) in [6.07, 6.45) is 7.92. The van der Waals surface area contributed by atoms with Crippen molar-refractivity contribution in [3.05, 3.63) is 0 Å². The molecule has 1 aliphatic carbocycles. The van der Waals surface area contributed by atoms with Crippen LogP contribution < -0.4 is 5.32 Å². The van der Waals surface area contributed by atoms with Crippen LogP contribution in [0.1, 0.15) is 59.3 Å². The molecule has 5 unspecified atom stereocenters. The average molecular weight is 296 g/mol. The Labute approximate surface area is 131 Å². The first-order chi connectivity index (χ1) is 10.2. The Balaban J connectivity index is 1.95. The number of rotatable bonds is 7. The van der Waals surface area contributed by atoms with E-state index in [-0.39, 0.29) is 0 Å². The Hall–Kier alpha value is -0.120. The Kier molecular flexibility index (Phi) is 6.97. The van der Waals surface area contributed by atoms with Gasteiger partial charge in [-0.2, -0.15) is 0 Å². The van der Waals surface area contributed by atoms with E-state index >= 15 is 0 Å². The van der Waals surface area contributed by atoms with Crippen LogP contribution in [0, 0.1) is 17.8 Å². The second kappa shape index (κ2) is 8.50. The molecule has 2 aliphatic rings. The minimum atomic E-state index is 0.331. The maximum atomic E-state index is 9.68. The number of nitrogens with zero attached hydrogens (tertiary/aromatic N) is 1. The highest BCUT2D eigenvalue weighted by Crippen LogP contribution is 2.34. The van der Waals surface area contributed by atoms with Crippen molar-refractivity contribution in [2.45, 2.75) is 71.4 Å². The average Bonchev–Trinajstić information content (AvgIpc) is 2.85. The number of hydrogen-bond donors (Lipinski definition) is 2. The zero-order chi connectivity index (χ0) is 15.2. The molecule has 1 saturated carbocycles. The highest BCUT2D eigenvalue weighted by molar-refractivity contribution is 4.91. The molecule has 1 heterocycles. The predicted molar refractivity (Wildman–Crippen MR) is 89.4 cm³/mol. The summed E-state index contributed by atoms with van der Waals surface area (Å²) in [6, 6.07) is 1.10. The molecule has 1 aliphatic heterocycles. The van der Waals surface area contributed by atoms with Gasteiger partial charge < -0.3 is 10.4 Å². The van der Waals surface area contributed by atoms with Gasteiger partial charge in [-0.3, -0.25) is 4.90 Å². The molecule has 1 saturated heterocycles. The first kappa shape index (κ1) is 17.2. The number of nitrogens with one attached hydrogen (secondary N) is 1. The van der Waals surface area contributed by atoms with Gasteiger partial charge in [0.2, 0.25) is 0 Å². The van der Waals surface area contributed by atoms with Crippen LogP contribution >= 0.6 is 0 Å². The lowest BCUT2D eigenvalue weighted by Gasteiger charge is -2.40. The molecule has 0 amide bonds. The fourth-order valence-electron chi connectivity index (χ4n) is 4.44. The molecule has 3 heteroatoms. The Morgan fingerprint density at radius 2 is 2.00 bits per heavy atom. The van der Waals surface area contributed by atoms with E-state index < -0.39 is 0 Å². The molecule has 124 valence electrons. The molecule has 0 aromatic heterocycles. The maximum absolute atomic E-state index is 9.68. The minimum absolute atomic E-state index is 0.331. The first-order valence-corrected chi connectivity index (χ1v) is 9.27. The van der Waals surface area contributed by atoms with Gasteiger partial charge in [-0.25, -0.2) is 0 Å². The minimum Gasteiger partial charge on any atom is -0.395 e. The molecular formula is C18H36N2O. The van der Waals surface area contributed by atoms with Gasteiger partial charge in [-0.15, -0.1) is 0 Å². The summed E-state index contributed by atoms with van der Waals surface area (Å²) in [4.78, 5) is 2.58. The standard InChI is InChI=1S/C18H36N2O/c1-4-9-19-17-7-6-15(5-2)11-16(17)12-20-10-8-14(3)18(20)13-21/h14-19,21H,4-13H2,1-3H3. The zero-order valence-corrected chi connectivity index (χ0v) is 14.4. The summed E-state index contributed by atoms with van der Waals surface area (Å²) in [7, 11) is 0. The largest absolute Gasteiger partial charge is 0.395 e. The SMILES string of the molecule is CCCNC1CCC(CC)CC1CN1CCC(C)C1CO. The Morgan fingerprint density at radius 1 is 1.19 bits per heavy atom. The maximum Gasteiger partial charge on any atom is 0.0589 e. The fourth-order valence-corrected chi connectivity index (χ4v) is 4.44. The normalized spacial score (nSPS) is 38.0. The van der Waals surface area contributed by atoms with E-state index in [1.807, 2.05) is 0 Å². The smallest absolute Gasteiger partial charge is 0.0589 e. The topological polar surface area (TPSA) is 35.5 Å². The first-order valence-electron chi connectivity index (χ1n) is 9.27. The van der Waals surface area contributed by atoms with Crippen molar-refractivity contribution in [1.82, 2.24) is 10.2 Å². The molecule has 5 atom stereocenters. The van der Waals surface area contributed by atoms with Crippen molar-refractivity contribution in [2.24, 2.45) is 17.8 Å². The van der Waals surface area contributed by atoms with Gasteiger partial charge in [-0.05, 0) is 62.9 Å². The van der Waals surface area contributed by atoms with E-state index in [2.05, 4.69) is 31.0 Å². The monoisotopic (exact) mass is 296 g/mol. The van der Waals surface area contributed by atoms with Crippen LogP contribution in [0.4, 0.5) is 0 Å². The molecule has 2 N–H and O–H groups in total. The van der Waals surface area contributed by atoms with Gasteiger partial charge in [0.25, 0.3) is 0 Å². The van der Waals surface area contributed by atoms with Crippen molar-refractivity contribution < 1.29 is 5.11 Å². The van der Waals surface area contributed by atoms with Gasteiger partial charge in [0.1, 0.15) is 0 Å². The molecule has 3 nitrogen and oxygen atoms in total. The number of aliphatic hydroxyl groups excluding tert-OH is 1. The van der Waals surface area contributed by atoms with Crippen molar-refractivity contribution in [2.75, 3.05) is 26.2 Å². The summed E-state index contributed by atoms with van der Waals surface area (Å²) < 4.78 is 0. The van der Waals surface area contributed by atoms with Gasteiger partial charge in [-0.1, -0.05) is 27.2 Å². The Bertz CT molecular complexity index is 297. The lowest BCUT2D eigenvalue weighted by Crippen LogP contribution is -2.48. The van der Waals surface area contributed by atoms with Gasteiger partial charge in [0, 0.05) is 18.6 Å². The lowest BCUT2D eigenvalue weighted by molar-refractivity contribution is 0.0927. The van der Waals surface area contributed by atoms with Crippen LogP contribution in [-0.4, -0.2) is 48.3 Å². The summed E-state index contributed by atoms with van der Waals surface area (Å²) in [6.45, 7) is 10.7. The molecule has 2 rings (SSSR count). The van der Waals surface area contributed by atoms with Crippen molar-refractivity contribution in [1.29, 1.82) is 0 Å². The van der Waals surface area contributed by atoms with E-state index in [0.717, 1.165) is 18.4 Å². The van der Waals surface area contributed by atoms with Gasteiger partial charge in [0.05, 0.1) is 6.61 Å². The molecular weight excluding hydrogens is 260 g/mol. The third kappa shape index (κ3) is 4.43. The molecule has 21 heavy (non-hydrogen) atoms. The fraction of sp³-hybridized carbons (Fsp3) is 1.00. The molecule has 0 aromatic carbocycles. The van der Waals surface area contributed by atoms with Crippen molar-refractivity contribution >= 4 is 0 Å². The summed E-state index contributed by atoms with van der Waals surface area (Å²) in [5, 5.41) is 13.5. The number of hydrogen-bond acceptors (Lipinski definition) is 3. The molecule has 0 spiro atoms. The summed E-state index contributed by atoms with van der Waals surface area (Å²) >= 11 is 0. The molecule has 0 bridgehead atoms. The quantitative estimate of drug-likeness (QED) is 0.758. The number of likely N-dealkylation sites (tertiary alicyclic amines) is 1. The predicted octanol–water partition coefficient (Wildman–Crippen LogP) is 2.88. The molecule has 2 fully saturated rings. The van der Waals surface area contributed by atoms with E-state index in [0.29, 0.717) is 24.6 Å². The van der Waals surface area contributed by atoms with E-state index in [1.165, 1.54) is 51.6 Å². The highest BCUT2D eigenvalue weighted by Gasteiger charge is 2.36. The van der Waals surface area contributed by atoms with Crippen LogP contribution in [0.25, 0.3) is 0 Å². The van der Waals surface area contributed by atoms with Gasteiger partial charge in [0.15, 0.2) is 0 Å². The van der Waals surface area contributed by atoms with Crippen LogP contribution in [0.5, 0.6) is 0 Å². The van der Waals surface area contributed by atoms with Crippen molar-refractivity contribution in [3.8, 4) is 0 Å². The third-order valence-electron chi connectivity index (χ3n) is 5.98. The van der Waals surface area contributed by atoms with Crippen LogP contribution in [-0.2, 0) is 0 Å². The van der Waals surface area contributed by atoms with E-state index in [4.69, 9.17) is 0 Å². The lowest BCUT2D eigenvalue weighted by atomic mass is 9.76. The van der Waals surface area contributed by atoms with Crippen molar-refractivity contribution in [3.63, 3.8) is 0 Å². The second-order valence-electron chi connectivity index (χ2n) is 7.42. The van der Waals surface area contributed by atoms with E-state index in [9.17, 15) is 5.11 Å². The second-order valence-corrected chi connectivity index (χ2v) is 7.42. The van der Waals surface area contributed by atoms with Gasteiger partial charge >= 0.3 is 0 Å².